The molecule has 0 saturated heterocycles. The summed E-state index contributed by atoms with van der Waals surface area (Å²) in [7, 11) is 0. The third-order valence-corrected chi connectivity index (χ3v) is 4.32. The van der Waals surface area contributed by atoms with E-state index in [2.05, 4.69) is 14.7 Å². The van der Waals surface area contributed by atoms with Gasteiger partial charge in [-0.3, -0.25) is 0 Å². The summed E-state index contributed by atoms with van der Waals surface area (Å²) in [5.41, 5.74) is 6.09. The van der Waals surface area contributed by atoms with Crippen molar-refractivity contribution in [3.05, 3.63) is 5.82 Å². The van der Waals surface area contributed by atoms with E-state index < -0.39 is 0 Å². The Kier molecular flexibility index (Phi) is 2.59. The number of hydrogen-bond donors (Lipinski definition) is 2. The summed E-state index contributed by atoms with van der Waals surface area (Å²) < 4.78 is 4.39. The van der Waals surface area contributed by atoms with Gasteiger partial charge in [-0.1, -0.05) is 0 Å². The van der Waals surface area contributed by atoms with E-state index in [9.17, 15) is 0 Å². The van der Waals surface area contributed by atoms with E-state index in [-0.39, 0.29) is 0 Å². The maximum Gasteiger partial charge on any atom is 0.202 e. The largest absolute Gasteiger partial charge is 0.360 e. The van der Waals surface area contributed by atoms with Gasteiger partial charge >= 0.3 is 0 Å². The second-order valence-electron chi connectivity index (χ2n) is 5.12. The molecule has 2 aliphatic rings. The predicted octanol–water partition coefficient (Wildman–Crippen LogP) is 1.96. The molecular weight excluding hydrogens is 220 g/mol. The minimum Gasteiger partial charge on any atom is -0.360 e. The zero-order valence-corrected chi connectivity index (χ0v) is 10.2. The molecule has 0 unspecified atom stereocenters. The molecule has 0 amide bonds. The molecule has 88 valence electrons. The van der Waals surface area contributed by atoms with Crippen molar-refractivity contribution in [3.8, 4) is 0 Å². The van der Waals surface area contributed by atoms with E-state index in [0.29, 0.717) is 11.3 Å². The molecule has 0 radical (unpaired) electrons. The summed E-state index contributed by atoms with van der Waals surface area (Å²) in [4.78, 5) is 4.53. The minimum atomic E-state index is 0.472. The van der Waals surface area contributed by atoms with Crippen molar-refractivity contribution in [1.82, 2.24) is 9.36 Å². The monoisotopic (exact) mass is 238 g/mol. The van der Waals surface area contributed by atoms with Gasteiger partial charge in [0.2, 0.25) is 5.13 Å². The van der Waals surface area contributed by atoms with Gasteiger partial charge in [0, 0.05) is 24.0 Å². The third kappa shape index (κ3) is 2.20. The molecule has 3 N–H and O–H groups in total. The van der Waals surface area contributed by atoms with Crippen molar-refractivity contribution >= 4 is 16.7 Å². The highest BCUT2D eigenvalue weighted by molar-refractivity contribution is 7.09. The van der Waals surface area contributed by atoms with E-state index in [4.69, 9.17) is 5.73 Å². The van der Waals surface area contributed by atoms with E-state index in [0.717, 1.165) is 30.5 Å². The van der Waals surface area contributed by atoms with E-state index in [1.165, 1.54) is 37.2 Å². The lowest BCUT2D eigenvalue weighted by Crippen LogP contribution is -2.19. The van der Waals surface area contributed by atoms with Crippen LogP contribution in [0.2, 0.25) is 0 Å². The molecule has 0 atom stereocenters. The van der Waals surface area contributed by atoms with Crippen LogP contribution >= 0.6 is 11.5 Å². The molecule has 4 nitrogen and oxygen atoms in total. The standard InChI is InChI=1S/C11H18N4S/c12-6-5-11(3-4-11)7-13-10-14-9(15-16-10)8-1-2-8/h8H,1-7,12H2,(H,13,14,15). The van der Waals surface area contributed by atoms with Crippen molar-refractivity contribution in [2.24, 2.45) is 11.1 Å². The van der Waals surface area contributed by atoms with Crippen molar-refractivity contribution in [2.75, 3.05) is 18.4 Å². The van der Waals surface area contributed by atoms with Gasteiger partial charge in [0.25, 0.3) is 0 Å². The summed E-state index contributed by atoms with van der Waals surface area (Å²) in [5, 5.41) is 4.42. The van der Waals surface area contributed by atoms with Gasteiger partial charge in [-0.25, -0.2) is 4.98 Å². The molecule has 3 rings (SSSR count). The molecule has 0 bridgehead atoms. The quantitative estimate of drug-likeness (QED) is 0.795. The molecule has 2 saturated carbocycles. The molecule has 1 aromatic heterocycles. The van der Waals surface area contributed by atoms with Crippen molar-refractivity contribution in [3.63, 3.8) is 0 Å². The maximum atomic E-state index is 5.62. The molecule has 5 heteroatoms. The van der Waals surface area contributed by atoms with Crippen LogP contribution in [0.15, 0.2) is 0 Å². The van der Waals surface area contributed by atoms with E-state index in [1.807, 2.05) is 0 Å². The maximum absolute atomic E-state index is 5.62. The van der Waals surface area contributed by atoms with Crippen molar-refractivity contribution in [2.45, 2.75) is 38.0 Å². The Bertz CT molecular complexity index is 368. The molecule has 2 fully saturated rings. The van der Waals surface area contributed by atoms with Crippen LogP contribution < -0.4 is 11.1 Å². The second-order valence-corrected chi connectivity index (χ2v) is 5.88. The van der Waals surface area contributed by atoms with Crippen LogP contribution in [0.4, 0.5) is 5.13 Å². The first-order valence-electron chi connectivity index (χ1n) is 6.09. The summed E-state index contributed by atoms with van der Waals surface area (Å²) in [6, 6.07) is 0. The second kappa shape index (κ2) is 3.96. The number of hydrogen-bond acceptors (Lipinski definition) is 5. The Hall–Kier alpha value is -0.680. The molecule has 0 aromatic carbocycles. The molecule has 2 aliphatic carbocycles. The van der Waals surface area contributed by atoms with Crippen LogP contribution in [0.1, 0.15) is 43.8 Å². The molecule has 0 spiro atoms. The van der Waals surface area contributed by atoms with Gasteiger partial charge < -0.3 is 11.1 Å². The van der Waals surface area contributed by atoms with Crippen LogP contribution in [-0.4, -0.2) is 22.4 Å². The first kappa shape index (κ1) is 10.5. The van der Waals surface area contributed by atoms with Crippen LogP contribution in [-0.2, 0) is 0 Å². The summed E-state index contributed by atoms with van der Waals surface area (Å²) >= 11 is 1.50. The zero-order chi connectivity index (χ0) is 11.0. The SMILES string of the molecule is NCCC1(CNc2nc(C3CC3)ns2)CC1. The van der Waals surface area contributed by atoms with Crippen molar-refractivity contribution in [1.29, 1.82) is 0 Å². The van der Waals surface area contributed by atoms with Gasteiger partial charge in [0.1, 0.15) is 5.82 Å². The zero-order valence-electron chi connectivity index (χ0n) is 9.41. The Balaban J connectivity index is 1.53. The molecule has 16 heavy (non-hydrogen) atoms. The average molecular weight is 238 g/mol. The number of nitrogens with two attached hydrogens (primary N) is 1. The number of aromatic nitrogens is 2. The fourth-order valence-corrected chi connectivity index (χ4v) is 2.72. The first-order chi connectivity index (χ1) is 7.81. The van der Waals surface area contributed by atoms with Gasteiger partial charge in [-0.15, -0.1) is 0 Å². The highest BCUT2D eigenvalue weighted by Crippen LogP contribution is 2.48. The fraction of sp³-hybridized carbons (Fsp3) is 0.818. The fourth-order valence-electron chi connectivity index (χ4n) is 2.08. The lowest BCUT2D eigenvalue weighted by molar-refractivity contribution is 0.501. The number of anilines is 1. The average Bonchev–Trinajstić information content (AvgIpc) is 3.20. The van der Waals surface area contributed by atoms with Gasteiger partial charge in [0.05, 0.1) is 0 Å². The van der Waals surface area contributed by atoms with Crippen LogP contribution in [0.25, 0.3) is 0 Å². The predicted molar refractivity (Wildman–Crippen MR) is 65.7 cm³/mol. The third-order valence-electron chi connectivity index (χ3n) is 3.63. The highest BCUT2D eigenvalue weighted by atomic mass is 32.1. The number of nitrogens with zero attached hydrogens (tertiary/aromatic N) is 2. The Morgan fingerprint density at radius 3 is 2.88 bits per heavy atom. The van der Waals surface area contributed by atoms with E-state index in [1.54, 1.807) is 0 Å². The molecule has 1 aromatic rings. The van der Waals surface area contributed by atoms with Crippen LogP contribution in [0, 0.1) is 5.41 Å². The minimum absolute atomic E-state index is 0.472. The summed E-state index contributed by atoms with van der Waals surface area (Å²) in [6.07, 6.45) is 6.30. The highest BCUT2D eigenvalue weighted by Gasteiger charge is 2.41. The Labute approximate surface area is 99.8 Å². The molecule has 1 heterocycles. The van der Waals surface area contributed by atoms with Crippen LogP contribution in [0.5, 0.6) is 0 Å². The lowest BCUT2D eigenvalue weighted by atomic mass is 10.0. The molecular formula is C11H18N4S. The van der Waals surface area contributed by atoms with Gasteiger partial charge in [-0.2, -0.15) is 4.37 Å². The smallest absolute Gasteiger partial charge is 0.202 e. The van der Waals surface area contributed by atoms with E-state index >= 15 is 0 Å². The topological polar surface area (TPSA) is 63.8 Å². The number of rotatable bonds is 6. The van der Waals surface area contributed by atoms with Crippen molar-refractivity contribution < 1.29 is 0 Å². The first-order valence-corrected chi connectivity index (χ1v) is 6.86. The van der Waals surface area contributed by atoms with Gasteiger partial charge in [-0.05, 0) is 44.1 Å². The van der Waals surface area contributed by atoms with Gasteiger partial charge in [0.15, 0.2) is 0 Å². The lowest BCUT2D eigenvalue weighted by Gasteiger charge is -2.13. The number of nitrogens with one attached hydrogen (secondary N) is 1. The normalized spacial score (nSPS) is 22.1. The summed E-state index contributed by atoms with van der Waals surface area (Å²) in [6.45, 7) is 1.81. The Morgan fingerprint density at radius 2 is 2.25 bits per heavy atom. The molecule has 0 aliphatic heterocycles. The summed E-state index contributed by atoms with van der Waals surface area (Å²) in [5.74, 6) is 1.71. The Morgan fingerprint density at radius 1 is 1.44 bits per heavy atom. The van der Waals surface area contributed by atoms with Crippen LogP contribution in [0.3, 0.4) is 0 Å².